The van der Waals surface area contributed by atoms with Gasteiger partial charge in [0.15, 0.2) is 0 Å². The molecule has 0 heterocycles. The highest BCUT2D eigenvalue weighted by Crippen LogP contribution is 2.22. The van der Waals surface area contributed by atoms with Gasteiger partial charge in [0.2, 0.25) is 0 Å². The number of carbonyl (C=O) groups excluding carboxylic acids is 1. The van der Waals surface area contributed by atoms with Crippen molar-refractivity contribution in [2.24, 2.45) is 0 Å². The molecule has 0 saturated heterocycles. The van der Waals surface area contributed by atoms with E-state index in [-0.39, 0.29) is 12.2 Å². The number of aliphatic hydroxyl groups excluding tert-OH is 1. The summed E-state index contributed by atoms with van der Waals surface area (Å²) in [6.45, 7) is 0. The second-order valence-corrected chi connectivity index (χ2v) is 3.10. The molecule has 0 spiro atoms. The molecule has 1 N–H and O–H groups in total. The van der Waals surface area contributed by atoms with Crippen molar-refractivity contribution in [3.63, 3.8) is 0 Å². The number of aliphatic hydroxyl groups is 1. The smallest absolute Gasteiger partial charge is 0.406 e. The van der Waals surface area contributed by atoms with Crippen LogP contribution >= 0.6 is 0 Å². The van der Waals surface area contributed by atoms with Crippen LogP contribution in [0.5, 0.6) is 5.75 Å². The summed E-state index contributed by atoms with van der Waals surface area (Å²) >= 11 is 0. The predicted molar refractivity (Wildman–Crippen MR) is 48.9 cm³/mol. The van der Waals surface area contributed by atoms with Crippen LogP contribution in [0, 0.1) is 0 Å². The van der Waals surface area contributed by atoms with Crippen LogP contribution in [0.1, 0.15) is 5.56 Å². The summed E-state index contributed by atoms with van der Waals surface area (Å²) in [4.78, 5) is 10.1. The van der Waals surface area contributed by atoms with Crippen molar-refractivity contribution < 1.29 is 27.8 Å². The van der Waals surface area contributed by atoms with Crippen LogP contribution in [-0.4, -0.2) is 23.9 Å². The monoisotopic (exact) mass is 234 g/mol. The van der Waals surface area contributed by atoms with Crippen LogP contribution in [0.4, 0.5) is 13.2 Å². The second-order valence-electron chi connectivity index (χ2n) is 3.10. The Morgan fingerprint density at radius 1 is 1.31 bits per heavy atom. The largest absolute Gasteiger partial charge is 0.573 e. The highest BCUT2D eigenvalue weighted by Gasteiger charge is 2.30. The zero-order chi connectivity index (χ0) is 12.2. The van der Waals surface area contributed by atoms with E-state index in [1.54, 1.807) is 0 Å². The highest BCUT2D eigenvalue weighted by molar-refractivity contribution is 5.56. The van der Waals surface area contributed by atoms with E-state index in [9.17, 15) is 18.0 Å². The van der Waals surface area contributed by atoms with Crippen molar-refractivity contribution in [1.82, 2.24) is 0 Å². The number of halogens is 3. The number of alkyl halides is 3. The van der Waals surface area contributed by atoms with Gasteiger partial charge in [-0.2, -0.15) is 0 Å². The molecule has 3 nitrogen and oxygen atoms in total. The van der Waals surface area contributed by atoms with Gasteiger partial charge in [0.25, 0.3) is 0 Å². The number of hydrogen-bond acceptors (Lipinski definition) is 3. The van der Waals surface area contributed by atoms with Crippen molar-refractivity contribution >= 4 is 6.29 Å². The normalized spacial score (nSPS) is 13.2. The summed E-state index contributed by atoms with van der Waals surface area (Å²) in [7, 11) is 0. The Labute approximate surface area is 89.5 Å². The molecule has 0 aliphatic heterocycles. The zero-order valence-corrected chi connectivity index (χ0v) is 8.07. The first-order chi connectivity index (χ1) is 7.40. The van der Waals surface area contributed by atoms with Crippen molar-refractivity contribution in [1.29, 1.82) is 0 Å². The first-order valence-corrected chi connectivity index (χ1v) is 4.39. The van der Waals surface area contributed by atoms with E-state index in [2.05, 4.69) is 4.74 Å². The van der Waals surface area contributed by atoms with Crippen LogP contribution in [0.3, 0.4) is 0 Å². The third-order valence-corrected chi connectivity index (χ3v) is 1.76. The molecule has 88 valence electrons. The van der Waals surface area contributed by atoms with E-state index in [0.29, 0.717) is 11.8 Å². The molecule has 0 bridgehead atoms. The quantitative estimate of drug-likeness (QED) is 0.806. The summed E-state index contributed by atoms with van der Waals surface area (Å²) in [6, 6.07) is 4.96. The molecule has 0 aliphatic rings. The molecule has 6 heteroatoms. The Bertz CT molecular complexity index is 345. The van der Waals surface area contributed by atoms with Gasteiger partial charge in [-0.3, -0.25) is 0 Å². The molecule has 1 unspecified atom stereocenters. The van der Waals surface area contributed by atoms with Gasteiger partial charge in [-0.15, -0.1) is 13.2 Å². The summed E-state index contributed by atoms with van der Waals surface area (Å²) in [5, 5.41) is 8.99. The van der Waals surface area contributed by atoms with Gasteiger partial charge in [-0.1, -0.05) is 12.1 Å². The molecule has 1 atom stereocenters. The van der Waals surface area contributed by atoms with Crippen LogP contribution in [0.15, 0.2) is 24.3 Å². The number of aldehydes is 1. The van der Waals surface area contributed by atoms with Gasteiger partial charge in [0, 0.05) is 6.42 Å². The van der Waals surface area contributed by atoms with E-state index in [0.717, 1.165) is 12.1 Å². The van der Waals surface area contributed by atoms with E-state index in [1.807, 2.05) is 0 Å². The molecule has 0 amide bonds. The molecule has 16 heavy (non-hydrogen) atoms. The number of carbonyl (C=O) groups is 1. The minimum Gasteiger partial charge on any atom is -0.406 e. The first kappa shape index (κ1) is 12.5. The van der Waals surface area contributed by atoms with Crippen molar-refractivity contribution in [2.45, 2.75) is 18.9 Å². The molecule has 1 aromatic rings. The van der Waals surface area contributed by atoms with Crippen LogP contribution in [0.2, 0.25) is 0 Å². The fourth-order valence-corrected chi connectivity index (χ4v) is 1.12. The molecule has 0 fully saturated rings. The maximum Gasteiger partial charge on any atom is 0.573 e. The average Bonchev–Trinajstić information content (AvgIpc) is 2.18. The van der Waals surface area contributed by atoms with Gasteiger partial charge in [0.05, 0.1) is 0 Å². The topological polar surface area (TPSA) is 46.5 Å². The molecular weight excluding hydrogens is 225 g/mol. The fourth-order valence-electron chi connectivity index (χ4n) is 1.12. The van der Waals surface area contributed by atoms with Crippen molar-refractivity contribution in [3.8, 4) is 5.75 Å². The number of rotatable bonds is 4. The maximum atomic E-state index is 11.8. The summed E-state index contributed by atoms with van der Waals surface area (Å²) in [5.74, 6) is -0.336. The van der Waals surface area contributed by atoms with E-state index < -0.39 is 12.5 Å². The molecule has 0 saturated carbocycles. The summed E-state index contributed by atoms with van der Waals surface area (Å²) in [6.07, 6.45) is -5.44. The van der Waals surface area contributed by atoms with Gasteiger partial charge in [-0.25, -0.2) is 0 Å². The summed E-state index contributed by atoms with van der Waals surface area (Å²) < 4.78 is 39.1. The molecular formula is C10H9F3O3. The third-order valence-electron chi connectivity index (χ3n) is 1.76. The van der Waals surface area contributed by atoms with Crippen molar-refractivity contribution in [3.05, 3.63) is 29.8 Å². The van der Waals surface area contributed by atoms with Crippen LogP contribution in [0.25, 0.3) is 0 Å². The molecule has 1 rings (SSSR count). The lowest BCUT2D eigenvalue weighted by Crippen LogP contribution is -2.17. The third kappa shape index (κ3) is 4.31. The predicted octanol–water partition coefficient (Wildman–Crippen LogP) is 1.69. The lowest BCUT2D eigenvalue weighted by molar-refractivity contribution is -0.274. The minimum atomic E-state index is -4.72. The first-order valence-electron chi connectivity index (χ1n) is 4.39. The zero-order valence-electron chi connectivity index (χ0n) is 8.07. The van der Waals surface area contributed by atoms with Crippen molar-refractivity contribution in [2.75, 3.05) is 0 Å². The van der Waals surface area contributed by atoms with Crippen LogP contribution < -0.4 is 4.74 Å². The molecule has 0 radical (unpaired) electrons. The Hall–Kier alpha value is -1.56. The number of ether oxygens (including phenoxy) is 1. The number of hydrogen-bond donors (Lipinski definition) is 1. The maximum absolute atomic E-state index is 11.8. The van der Waals surface area contributed by atoms with E-state index in [1.165, 1.54) is 12.1 Å². The van der Waals surface area contributed by atoms with Gasteiger partial charge in [-0.05, 0) is 17.7 Å². The standard InChI is InChI=1S/C10H9F3O3/c11-10(12,13)16-9-3-1-7(2-4-9)5-8(15)6-14/h1-4,6,8,15H,5H2. The van der Waals surface area contributed by atoms with Gasteiger partial charge < -0.3 is 14.6 Å². The second kappa shape index (κ2) is 4.98. The lowest BCUT2D eigenvalue weighted by Gasteiger charge is -2.09. The SMILES string of the molecule is O=CC(O)Cc1ccc(OC(F)(F)F)cc1. The highest BCUT2D eigenvalue weighted by atomic mass is 19.4. The minimum absolute atomic E-state index is 0.0653. The fraction of sp³-hybridized carbons (Fsp3) is 0.300. The van der Waals surface area contributed by atoms with Gasteiger partial charge >= 0.3 is 6.36 Å². The Morgan fingerprint density at radius 2 is 1.88 bits per heavy atom. The summed E-state index contributed by atoms with van der Waals surface area (Å²) in [5.41, 5.74) is 0.550. The van der Waals surface area contributed by atoms with Gasteiger partial charge in [0.1, 0.15) is 18.1 Å². The van der Waals surface area contributed by atoms with Crippen LogP contribution in [-0.2, 0) is 11.2 Å². The Balaban J connectivity index is 2.64. The van der Waals surface area contributed by atoms with E-state index in [4.69, 9.17) is 5.11 Å². The molecule has 0 aliphatic carbocycles. The molecule has 1 aromatic carbocycles. The average molecular weight is 234 g/mol. The number of benzene rings is 1. The van der Waals surface area contributed by atoms with E-state index >= 15 is 0 Å². The Morgan fingerprint density at radius 3 is 2.31 bits per heavy atom. The molecule has 0 aromatic heterocycles. The lowest BCUT2D eigenvalue weighted by atomic mass is 10.1. The Kier molecular flexibility index (Phi) is 3.89.